The fraction of sp³-hybridized carbons (Fsp3) is 0.125. The molecule has 0 unspecified atom stereocenters. The van der Waals surface area contributed by atoms with Crippen LogP contribution >= 0.6 is 0 Å². The van der Waals surface area contributed by atoms with Crippen LogP contribution in [-0.2, 0) is 17.8 Å². The van der Waals surface area contributed by atoms with E-state index in [1.54, 1.807) is 11.6 Å². The van der Waals surface area contributed by atoms with Gasteiger partial charge in [0.15, 0.2) is 0 Å². The Bertz CT molecular complexity index is 1160. The van der Waals surface area contributed by atoms with Crippen LogP contribution in [0.3, 0.4) is 0 Å². The van der Waals surface area contributed by atoms with Gasteiger partial charge in [-0.1, -0.05) is 54.6 Å². The van der Waals surface area contributed by atoms with Crippen LogP contribution in [0.4, 0.5) is 0 Å². The second-order valence-corrected chi connectivity index (χ2v) is 7.03. The van der Waals surface area contributed by atoms with E-state index in [0.717, 1.165) is 25.1 Å². The number of aromatic amines is 1. The van der Waals surface area contributed by atoms with Crippen LogP contribution in [0.5, 0.6) is 0 Å². The van der Waals surface area contributed by atoms with E-state index >= 15 is 0 Å². The average Bonchev–Trinajstić information content (AvgIpc) is 3.13. The second kappa shape index (κ2) is 8.73. The highest BCUT2D eigenvalue weighted by atomic mass is 16.5. The summed E-state index contributed by atoms with van der Waals surface area (Å²) >= 11 is 0. The second-order valence-electron chi connectivity index (χ2n) is 7.03. The number of hydroxylamine groups is 1. The summed E-state index contributed by atoms with van der Waals surface area (Å²) in [4.78, 5) is 14.5. The minimum Gasteiger partial charge on any atom is -0.355 e. The van der Waals surface area contributed by atoms with Gasteiger partial charge < -0.3 is 10.3 Å². The Kier molecular flexibility index (Phi) is 5.70. The highest BCUT2D eigenvalue weighted by Crippen LogP contribution is 2.25. The molecule has 5 heteroatoms. The molecule has 1 amide bonds. The van der Waals surface area contributed by atoms with Crippen molar-refractivity contribution in [2.45, 2.75) is 13.0 Å². The Hall–Kier alpha value is -3.41. The van der Waals surface area contributed by atoms with Gasteiger partial charge in [0, 0.05) is 34.4 Å². The van der Waals surface area contributed by atoms with E-state index < -0.39 is 5.91 Å². The van der Waals surface area contributed by atoms with Gasteiger partial charge in [0.05, 0.1) is 0 Å². The summed E-state index contributed by atoms with van der Waals surface area (Å²) < 4.78 is 0. The maximum absolute atomic E-state index is 11.0. The Balaban J connectivity index is 1.30. The SMILES string of the molecule is O=C(/C=C/c1ccc(CNCCc2ccc3c(c2)[nH]c2ccccc23)cc1)NO. The maximum Gasteiger partial charge on any atom is 0.267 e. The van der Waals surface area contributed by atoms with Crippen molar-refractivity contribution in [3.05, 3.63) is 89.5 Å². The number of para-hydroxylation sites is 1. The number of hydrogen-bond donors (Lipinski definition) is 4. The molecule has 0 fully saturated rings. The van der Waals surface area contributed by atoms with Crippen molar-refractivity contribution in [1.29, 1.82) is 0 Å². The lowest BCUT2D eigenvalue weighted by atomic mass is 10.1. The van der Waals surface area contributed by atoms with Crippen molar-refractivity contribution in [3.8, 4) is 0 Å². The lowest BCUT2D eigenvalue weighted by molar-refractivity contribution is -0.124. The molecule has 0 atom stereocenters. The van der Waals surface area contributed by atoms with Gasteiger partial charge in [-0.15, -0.1) is 0 Å². The van der Waals surface area contributed by atoms with E-state index in [0.29, 0.717) is 0 Å². The Morgan fingerprint density at radius 3 is 2.52 bits per heavy atom. The fourth-order valence-electron chi connectivity index (χ4n) is 3.48. The number of fused-ring (bicyclic) bond motifs is 3. The molecule has 4 aromatic rings. The molecule has 146 valence electrons. The molecule has 5 nitrogen and oxygen atoms in total. The van der Waals surface area contributed by atoms with Gasteiger partial charge >= 0.3 is 0 Å². The van der Waals surface area contributed by atoms with Crippen LogP contribution in [0, 0.1) is 0 Å². The van der Waals surface area contributed by atoms with Crippen molar-refractivity contribution < 1.29 is 10.0 Å². The van der Waals surface area contributed by atoms with Gasteiger partial charge in [0.2, 0.25) is 0 Å². The van der Waals surface area contributed by atoms with E-state index in [1.165, 1.54) is 39.0 Å². The average molecular weight is 385 g/mol. The van der Waals surface area contributed by atoms with E-state index in [2.05, 4.69) is 52.8 Å². The number of rotatable bonds is 7. The van der Waals surface area contributed by atoms with Gasteiger partial charge in [0.25, 0.3) is 5.91 Å². The summed E-state index contributed by atoms with van der Waals surface area (Å²) in [5.74, 6) is -0.540. The summed E-state index contributed by atoms with van der Waals surface area (Å²) in [6, 6.07) is 23.0. The standard InChI is InChI=1S/C24H23N3O2/c28-24(27-29)12-10-17-5-7-19(8-6-17)16-25-14-13-18-9-11-21-20-3-1-2-4-22(20)26-23(21)15-18/h1-12,15,25-26,29H,13-14,16H2,(H,27,28)/b12-10+. The maximum atomic E-state index is 11.0. The van der Waals surface area contributed by atoms with E-state index in [4.69, 9.17) is 5.21 Å². The number of carbonyl (C=O) groups is 1. The zero-order valence-corrected chi connectivity index (χ0v) is 16.0. The number of amides is 1. The number of aromatic nitrogens is 1. The van der Waals surface area contributed by atoms with Crippen molar-refractivity contribution in [3.63, 3.8) is 0 Å². The molecule has 1 heterocycles. The number of nitrogens with one attached hydrogen (secondary N) is 3. The summed E-state index contributed by atoms with van der Waals surface area (Å²) in [5.41, 5.74) is 7.32. The number of carbonyl (C=O) groups excluding carboxylic acids is 1. The molecule has 0 spiro atoms. The van der Waals surface area contributed by atoms with Crippen LogP contribution < -0.4 is 10.8 Å². The van der Waals surface area contributed by atoms with Gasteiger partial charge in [-0.05, 0) is 47.9 Å². The molecule has 3 aromatic carbocycles. The topological polar surface area (TPSA) is 77.2 Å². The van der Waals surface area contributed by atoms with Crippen molar-refractivity contribution in [2.24, 2.45) is 0 Å². The van der Waals surface area contributed by atoms with Gasteiger partial charge in [0.1, 0.15) is 0 Å². The molecular formula is C24H23N3O2. The minimum atomic E-state index is -0.540. The molecule has 29 heavy (non-hydrogen) atoms. The first-order valence-electron chi connectivity index (χ1n) is 9.64. The highest BCUT2D eigenvalue weighted by Gasteiger charge is 2.04. The number of benzene rings is 3. The van der Waals surface area contributed by atoms with Gasteiger partial charge in [-0.3, -0.25) is 10.0 Å². The molecule has 1 aromatic heterocycles. The van der Waals surface area contributed by atoms with Crippen LogP contribution in [0.25, 0.3) is 27.9 Å². The molecule has 4 N–H and O–H groups in total. The lowest BCUT2D eigenvalue weighted by Gasteiger charge is -2.06. The summed E-state index contributed by atoms with van der Waals surface area (Å²) in [5, 5.41) is 14.5. The first-order valence-corrected chi connectivity index (χ1v) is 9.64. The molecule has 0 saturated heterocycles. The van der Waals surface area contributed by atoms with Crippen molar-refractivity contribution >= 4 is 33.8 Å². The van der Waals surface area contributed by atoms with E-state index in [1.807, 2.05) is 24.3 Å². The van der Waals surface area contributed by atoms with Crippen molar-refractivity contribution in [2.75, 3.05) is 6.54 Å². The molecular weight excluding hydrogens is 362 g/mol. The van der Waals surface area contributed by atoms with Crippen LogP contribution in [0.1, 0.15) is 16.7 Å². The Morgan fingerprint density at radius 1 is 0.931 bits per heavy atom. The fourth-order valence-corrected chi connectivity index (χ4v) is 3.48. The molecule has 0 aliphatic heterocycles. The normalized spacial score (nSPS) is 11.5. The third-order valence-corrected chi connectivity index (χ3v) is 5.01. The predicted molar refractivity (Wildman–Crippen MR) is 117 cm³/mol. The summed E-state index contributed by atoms with van der Waals surface area (Å²) in [6.07, 6.45) is 3.91. The summed E-state index contributed by atoms with van der Waals surface area (Å²) in [6.45, 7) is 1.68. The van der Waals surface area contributed by atoms with Crippen LogP contribution in [0.15, 0.2) is 72.8 Å². The van der Waals surface area contributed by atoms with Crippen LogP contribution in [-0.4, -0.2) is 22.6 Å². The molecule has 0 bridgehead atoms. The Morgan fingerprint density at radius 2 is 1.69 bits per heavy atom. The Labute approximate surface area is 169 Å². The monoisotopic (exact) mass is 385 g/mol. The third kappa shape index (κ3) is 4.54. The van der Waals surface area contributed by atoms with E-state index in [9.17, 15) is 4.79 Å². The largest absolute Gasteiger partial charge is 0.355 e. The molecule has 0 aliphatic rings. The quantitative estimate of drug-likeness (QED) is 0.167. The summed E-state index contributed by atoms with van der Waals surface area (Å²) in [7, 11) is 0. The third-order valence-electron chi connectivity index (χ3n) is 5.01. The van der Waals surface area contributed by atoms with E-state index in [-0.39, 0.29) is 0 Å². The van der Waals surface area contributed by atoms with Gasteiger partial charge in [-0.25, -0.2) is 5.48 Å². The first-order chi connectivity index (χ1) is 14.2. The molecule has 4 rings (SSSR count). The highest BCUT2D eigenvalue weighted by molar-refractivity contribution is 6.07. The minimum absolute atomic E-state index is 0.540. The van der Waals surface area contributed by atoms with Gasteiger partial charge in [-0.2, -0.15) is 0 Å². The number of H-pyrrole nitrogens is 1. The smallest absolute Gasteiger partial charge is 0.267 e. The lowest BCUT2D eigenvalue weighted by Crippen LogP contribution is -2.16. The zero-order valence-electron chi connectivity index (χ0n) is 16.0. The molecule has 0 radical (unpaired) electrons. The molecule has 0 saturated carbocycles. The number of hydrogen-bond acceptors (Lipinski definition) is 3. The molecule has 0 aliphatic carbocycles. The van der Waals surface area contributed by atoms with Crippen LogP contribution in [0.2, 0.25) is 0 Å². The van der Waals surface area contributed by atoms with Crippen molar-refractivity contribution in [1.82, 2.24) is 15.8 Å². The predicted octanol–water partition coefficient (Wildman–Crippen LogP) is 4.17. The zero-order chi connectivity index (χ0) is 20.1. The first kappa shape index (κ1) is 18.9.